The van der Waals surface area contributed by atoms with Gasteiger partial charge >= 0.3 is 0 Å². The molecule has 2 aliphatic rings. The minimum absolute atomic E-state index is 0.198. The molecule has 188 valence electrons. The fourth-order valence-electron chi connectivity index (χ4n) is 3.75. The zero-order valence-electron chi connectivity index (χ0n) is 19.3. The van der Waals surface area contributed by atoms with Gasteiger partial charge in [-0.1, -0.05) is 17.8 Å². The molecule has 1 atom stereocenters. The van der Waals surface area contributed by atoms with E-state index in [-0.39, 0.29) is 24.6 Å². The average molecular weight is 532 g/mol. The number of thioether (sulfide) groups is 1. The van der Waals surface area contributed by atoms with Crippen molar-refractivity contribution in [2.24, 2.45) is 5.92 Å². The number of carbonyl (C=O) groups is 3. The lowest BCUT2D eigenvalue weighted by molar-refractivity contribution is -0.145. The molecule has 1 unspecified atom stereocenters. The van der Waals surface area contributed by atoms with E-state index in [2.05, 4.69) is 22.9 Å². The first kappa shape index (κ1) is 25.9. The largest absolute Gasteiger partial charge is 0.478 e. The molecule has 0 fully saturated rings. The summed E-state index contributed by atoms with van der Waals surface area (Å²) in [4.78, 5) is 44.7. The van der Waals surface area contributed by atoms with E-state index in [9.17, 15) is 23.2 Å². The quantitative estimate of drug-likeness (QED) is 0.291. The first-order valence-electron chi connectivity index (χ1n) is 11.2. The van der Waals surface area contributed by atoms with E-state index in [1.807, 2.05) is 0 Å². The maximum Gasteiger partial charge on any atom is 0.258 e. The van der Waals surface area contributed by atoms with E-state index >= 15 is 0 Å². The summed E-state index contributed by atoms with van der Waals surface area (Å²) in [5.41, 5.74) is 1.41. The Kier molecular flexibility index (Phi) is 8.10. The second kappa shape index (κ2) is 11.3. The van der Waals surface area contributed by atoms with Crippen molar-refractivity contribution in [2.45, 2.75) is 26.4 Å². The second-order valence-corrected chi connectivity index (χ2v) is 9.72. The van der Waals surface area contributed by atoms with Crippen molar-refractivity contribution in [1.29, 1.82) is 0 Å². The maximum absolute atomic E-state index is 13.6. The number of amides is 3. The Morgan fingerprint density at radius 1 is 1.19 bits per heavy atom. The molecular weight excluding hydrogens is 508 g/mol. The van der Waals surface area contributed by atoms with Gasteiger partial charge in [0.05, 0.1) is 24.0 Å². The highest BCUT2D eigenvalue weighted by atomic mass is 32.2. The number of carbonyl (C=O) groups excluding carboxylic acids is 3. The fourth-order valence-corrected chi connectivity index (χ4v) is 5.03. The number of hydrogen-bond acceptors (Lipinski definition) is 7. The van der Waals surface area contributed by atoms with Crippen molar-refractivity contribution in [2.75, 3.05) is 12.4 Å². The van der Waals surface area contributed by atoms with Gasteiger partial charge in [0.2, 0.25) is 11.8 Å². The van der Waals surface area contributed by atoms with Gasteiger partial charge in [0, 0.05) is 29.3 Å². The van der Waals surface area contributed by atoms with Crippen LogP contribution in [0.4, 0.5) is 8.78 Å². The molecule has 0 saturated heterocycles. The topological polar surface area (TPSA) is 88.6 Å². The highest BCUT2D eigenvalue weighted by molar-refractivity contribution is 8.08. The van der Waals surface area contributed by atoms with Gasteiger partial charge < -0.3 is 10.1 Å². The summed E-state index contributed by atoms with van der Waals surface area (Å²) in [6.45, 7) is 2.10. The minimum atomic E-state index is -1.06. The van der Waals surface area contributed by atoms with Crippen molar-refractivity contribution < 1.29 is 27.9 Å². The van der Waals surface area contributed by atoms with Crippen molar-refractivity contribution in [3.05, 3.63) is 80.7 Å². The molecule has 0 spiro atoms. The summed E-state index contributed by atoms with van der Waals surface area (Å²) < 4.78 is 32.4. The number of aromatic nitrogens is 1. The van der Waals surface area contributed by atoms with Crippen LogP contribution in [0.1, 0.15) is 24.5 Å². The van der Waals surface area contributed by atoms with E-state index in [1.54, 1.807) is 25.3 Å². The summed E-state index contributed by atoms with van der Waals surface area (Å²) in [6.07, 6.45) is 3.91. The predicted molar refractivity (Wildman–Crippen MR) is 134 cm³/mol. The normalized spacial score (nSPS) is 17.3. The van der Waals surface area contributed by atoms with E-state index in [4.69, 9.17) is 4.74 Å². The molecule has 1 N–H and O–H groups in total. The number of nitrogens with zero attached hydrogens (tertiary/aromatic N) is 2. The molecule has 3 heterocycles. The van der Waals surface area contributed by atoms with E-state index in [0.717, 1.165) is 40.8 Å². The number of nitrogens with one attached hydrogen (secondary N) is 1. The van der Waals surface area contributed by atoms with Crippen LogP contribution in [0.5, 0.6) is 5.88 Å². The molecule has 0 bridgehead atoms. The summed E-state index contributed by atoms with van der Waals surface area (Å²) in [7, 11) is 0. The van der Waals surface area contributed by atoms with Crippen molar-refractivity contribution in [1.82, 2.24) is 15.2 Å². The Morgan fingerprint density at radius 3 is 2.75 bits per heavy atom. The molecule has 7 nitrogen and oxygen atoms in total. The van der Waals surface area contributed by atoms with Crippen LogP contribution < -0.4 is 10.1 Å². The van der Waals surface area contributed by atoms with E-state index in [1.165, 1.54) is 12.1 Å². The fraction of sp³-hybridized carbons (Fsp3) is 0.280. The van der Waals surface area contributed by atoms with Crippen LogP contribution in [0.2, 0.25) is 0 Å². The average Bonchev–Trinajstić information content (AvgIpc) is 3.32. The molecule has 36 heavy (non-hydrogen) atoms. The Labute approximate surface area is 216 Å². The Morgan fingerprint density at radius 2 is 2.00 bits per heavy atom. The third-order valence-electron chi connectivity index (χ3n) is 5.64. The number of fused-ring (bicyclic) bond motifs is 1. The Hall–Kier alpha value is -3.18. The number of ether oxygens (including phenoxy) is 1. The first-order chi connectivity index (χ1) is 17.3. The molecule has 1 aromatic heterocycles. The van der Waals surface area contributed by atoms with Gasteiger partial charge in [0.25, 0.3) is 11.8 Å². The summed E-state index contributed by atoms with van der Waals surface area (Å²) >= 11 is 5.23. The maximum atomic E-state index is 13.6. The molecule has 2 aliphatic heterocycles. The molecule has 4 rings (SSSR count). The van der Waals surface area contributed by atoms with Gasteiger partial charge in [-0.2, -0.15) is 12.6 Å². The Bertz CT molecular complexity index is 1280. The van der Waals surface area contributed by atoms with Gasteiger partial charge in [-0.05, 0) is 54.5 Å². The zero-order valence-corrected chi connectivity index (χ0v) is 21.0. The summed E-state index contributed by atoms with van der Waals surface area (Å²) in [5, 5.41) is 2.82. The molecule has 11 heteroatoms. The smallest absolute Gasteiger partial charge is 0.258 e. The number of pyridine rings is 1. The first-order valence-corrected chi connectivity index (χ1v) is 12.6. The van der Waals surface area contributed by atoms with Crippen LogP contribution in [0.3, 0.4) is 0 Å². The highest BCUT2D eigenvalue weighted by Crippen LogP contribution is 2.45. The second-order valence-electron chi connectivity index (χ2n) is 8.19. The SMILES string of the molecule is CC1=C2SC(C(=O)NCc3ccnc(OCCCS)c3)=CC2C(=O)N(Cc2ccc(F)c(F)c2)C1=O. The molecular formula is C25H23F2N3O4S2. The lowest BCUT2D eigenvalue weighted by Crippen LogP contribution is -2.44. The van der Waals surface area contributed by atoms with Crippen LogP contribution in [0.25, 0.3) is 0 Å². The molecule has 0 radical (unpaired) electrons. The van der Waals surface area contributed by atoms with Gasteiger partial charge in [0.15, 0.2) is 11.6 Å². The van der Waals surface area contributed by atoms with Crippen molar-refractivity contribution >= 4 is 42.1 Å². The lowest BCUT2D eigenvalue weighted by Gasteiger charge is -2.29. The Balaban J connectivity index is 1.43. The van der Waals surface area contributed by atoms with E-state index in [0.29, 0.717) is 33.6 Å². The minimum Gasteiger partial charge on any atom is -0.478 e. The number of thiol groups is 1. The number of hydrogen-bond donors (Lipinski definition) is 2. The predicted octanol–water partition coefficient (Wildman–Crippen LogP) is 3.76. The van der Waals surface area contributed by atoms with Gasteiger partial charge in [-0.15, -0.1) is 0 Å². The molecule has 0 saturated carbocycles. The molecule has 3 amide bonds. The lowest BCUT2D eigenvalue weighted by atomic mass is 9.97. The summed E-state index contributed by atoms with van der Waals surface area (Å²) in [6, 6.07) is 6.72. The van der Waals surface area contributed by atoms with Crippen LogP contribution in [0.15, 0.2) is 58.0 Å². The van der Waals surface area contributed by atoms with Crippen molar-refractivity contribution in [3.8, 4) is 5.88 Å². The third-order valence-corrected chi connectivity index (χ3v) is 7.28. The van der Waals surface area contributed by atoms with Crippen LogP contribution in [0, 0.1) is 17.6 Å². The van der Waals surface area contributed by atoms with Gasteiger partial charge in [-0.25, -0.2) is 13.8 Å². The van der Waals surface area contributed by atoms with Crippen LogP contribution >= 0.6 is 24.4 Å². The van der Waals surface area contributed by atoms with Crippen LogP contribution in [-0.4, -0.2) is 40.0 Å². The number of rotatable bonds is 9. The van der Waals surface area contributed by atoms with Gasteiger partial charge in [0.1, 0.15) is 0 Å². The van der Waals surface area contributed by atoms with Crippen molar-refractivity contribution in [3.63, 3.8) is 0 Å². The monoisotopic (exact) mass is 531 g/mol. The number of halogens is 2. The molecule has 1 aromatic carbocycles. The van der Waals surface area contributed by atoms with Crippen LogP contribution in [-0.2, 0) is 27.5 Å². The van der Waals surface area contributed by atoms with Gasteiger partial charge in [-0.3, -0.25) is 19.3 Å². The highest BCUT2D eigenvalue weighted by Gasteiger charge is 2.42. The van der Waals surface area contributed by atoms with E-state index < -0.39 is 29.4 Å². The molecule has 2 aromatic rings. The third kappa shape index (κ3) is 5.62. The standard InChI is InChI=1S/C25H23F2N3O4S2/c1-14-22-17(25(33)30(24(14)32)13-16-3-4-18(26)19(27)9-16)11-20(36-22)23(31)29-12-15-5-6-28-21(10-15)34-7-2-8-35/h3-6,9-11,17,35H,2,7-8,12-13H2,1H3,(H,29,31). The zero-order chi connectivity index (χ0) is 25.8. The molecule has 0 aliphatic carbocycles. The number of benzene rings is 1. The number of imide groups is 1. The summed E-state index contributed by atoms with van der Waals surface area (Å²) in [5.74, 6) is -3.12.